The van der Waals surface area contributed by atoms with E-state index in [4.69, 9.17) is 0 Å². The molecule has 2 aromatic rings. The first-order chi connectivity index (χ1) is 10.4. The van der Waals surface area contributed by atoms with Crippen LogP contribution in [0.5, 0.6) is 0 Å². The summed E-state index contributed by atoms with van der Waals surface area (Å²) < 4.78 is 1.81. The molecule has 0 saturated carbocycles. The van der Waals surface area contributed by atoms with E-state index in [1.165, 1.54) is 11.0 Å². The van der Waals surface area contributed by atoms with Crippen molar-refractivity contribution in [3.63, 3.8) is 0 Å². The van der Waals surface area contributed by atoms with Gasteiger partial charge in [0.25, 0.3) is 11.6 Å². The molecule has 0 N–H and O–H groups in total. The summed E-state index contributed by atoms with van der Waals surface area (Å²) in [7, 11) is 1.67. The molecule has 0 aliphatic carbocycles. The summed E-state index contributed by atoms with van der Waals surface area (Å²) in [5.41, 5.74) is 1.72. The number of nitro benzene ring substituents is 1. The van der Waals surface area contributed by atoms with Gasteiger partial charge in [0.15, 0.2) is 0 Å². The van der Waals surface area contributed by atoms with Gasteiger partial charge in [-0.1, -0.05) is 6.07 Å². The summed E-state index contributed by atoms with van der Waals surface area (Å²) in [4.78, 5) is 24.5. The van der Waals surface area contributed by atoms with Crippen LogP contribution in [0.15, 0.2) is 30.5 Å². The highest BCUT2D eigenvalue weighted by molar-refractivity contribution is 5.94. The first kappa shape index (κ1) is 15.7. The Labute approximate surface area is 128 Å². The van der Waals surface area contributed by atoms with Gasteiger partial charge in [-0.25, -0.2) is 0 Å². The van der Waals surface area contributed by atoms with E-state index in [1.54, 1.807) is 37.0 Å². The van der Waals surface area contributed by atoms with Gasteiger partial charge in [0.2, 0.25) is 0 Å². The van der Waals surface area contributed by atoms with Gasteiger partial charge in [-0.3, -0.25) is 19.6 Å². The minimum atomic E-state index is -0.474. The fraction of sp³-hybridized carbons (Fsp3) is 0.333. The molecule has 0 spiro atoms. The van der Waals surface area contributed by atoms with Crippen molar-refractivity contribution in [2.45, 2.75) is 26.9 Å². The zero-order valence-electron chi connectivity index (χ0n) is 12.8. The first-order valence-corrected chi connectivity index (χ1v) is 6.95. The fourth-order valence-electron chi connectivity index (χ4n) is 2.25. The zero-order chi connectivity index (χ0) is 16.3. The summed E-state index contributed by atoms with van der Waals surface area (Å²) >= 11 is 0. The fourth-order valence-corrected chi connectivity index (χ4v) is 2.25. The number of rotatable bonds is 5. The predicted octanol–water partition coefficient (Wildman–Crippen LogP) is 2.39. The maximum Gasteiger partial charge on any atom is 0.273 e. The van der Waals surface area contributed by atoms with Gasteiger partial charge >= 0.3 is 0 Å². The van der Waals surface area contributed by atoms with Crippen molar-refractivity contribution in [2.24, 2.45) is 0 Å². The van der Waals surface area contributed by atoms with E-state index in [-0.39, 0.29) is 11.6 Å². The van der Waals surface area contributed by atoms with Crippen LogP contribution in [0.4, 0.5) is 5.69 Å². The maximum absolute atomic E-state index is 12.4. The van der Waals surface area contributed by atoms with Crippen LogP contribution < -0.4 is 0 Å². The average Bonchev–Trinajstić information content (AvgIpc) is 2.93. The SMILES string of the molecule is CCn1nccc1CN(C)C(=O)c1ccc(C)c([N+](=O)[O-])c1. The van der Waals surface area contributed by atoms with Gasteiger partial charge in [-0.05, 0) is 26.0 Å². The lowest BCUT2D eigenvalue weighted by molar-refractivity contribution is -0.385. The minimum Gasteiger partial charge on any atom is -0.336 e. The van der Waals surface area contributed by atoms with E-state index in [0.717, 1.165) is 12.2 Å². The van der Waals surface area contributed by atoms with E-state index in [2.05, 4.69) is 5.10 Å². The van der Waals surface area contributed by atoms with Crippen LogP contribution in [0.3, 0.4) is 0 Å². The Kier molecular flexibility index (Phi) is 4.55. The molecule has 0 atom stereocenters. The van der Waals surface area contributed by atoms with Crippen LogP contribution in [-0.2, 0) is 13.1 Å². The number of carbonyl (C=O) groups excluding carboxylic acids is 1. The molecule has 1 amide bonds. The molecule has 0 radical (unpaired) electrons. The molecule has 1 heterocycles. The molecule has 0 unspecified atom stereocenters. The molecule has 1 aromatic heterocycles. The molecular formula is C15H18N4O3. The second-order valence-corrected chi connectivity index (χ2v) is 5.06. The third-order valence-corrected chi connectivity index (χ3v) is 3.50. The Morgan fingerprint density at radius 2 is 2.14 bits per heavy atom. The highest BCUT2D eigenvalue weighted by Gasteiger charge is 2.18. The quantitative estimate of drug-likeness (QED) is 0.627. The second kappa shape index (κ2) is 6.38. The minimum absolute atomic E-state index is 0.0437. The van der Waals surface area contributed by atoms with E-state index in [1.807, 2.05) is 13.0 Å². The van der Waals surface area contributed by atoms with Gasteiger partial charge in [0.1, 0.15) is 0 Å². The first-order valence-electron chi connectivity index (χ1n) is 6.95. The van der Waals surface area contributed by atoms with Gasteiger partial charge in [-0.2, -0.15) is 5.10 Å². The molecule has 7 heteroatoms. The number of carbonyl (C=O) groups is 1. The van der Waals surface area contributed by atoms with E-state index < -0.39 is 4.92 Å². The molecule has 2 rings (SSSR count). The van der Waals surface area contributed by atoms with Crippen molar-refractivity contribution in [3.8, 4) is 0 Å². The molecule has 22 heavy (non-hydrogen) atoms. The zero-order valence-corrected chi connectivity index (χ0v) is 12.8. The van der Waals surface area contributed by atoms with Crippen molar-refractivity contribution in [2.75, 3.05) is 7.05 Å². The van der Waals surface area contributed by atoms with Gasteiger partial charge in [0, 0.05) is 37.0 Å². The molecule has 0 bridgehead atoms. The third-order valence-electron chi connectivity index (χ3n) is 3.50. The van der Waals surface area contributed by atoms with Crippen molar-refractivity contribution in [1.82, 2.24) is 14.7 Å². The predicted molar refractivity (Wildman–Crippen MR) is 81.5 cm³/mol. The molecular weight excluding hydrogens is 284 g/mol. The smallest absolute Gasteiger partial charge is 0.273 e. The highest BCUT2D eigenvalue weighted by atomic mass is 16.6. The molecule has 0 aliphatic rings. The Balaban J connectivity index is 2.20. The van der Waals surface area contributed by atoms with Crippen LogP contribution >= 0.6 is 0 Å². The molecule has 0 aliphatic heterocycles. The van der Waals surface area contributed by atoms with Gasteiger partial charge < -0.3 is 4.90 Å². The van der Waals surface area contributed by atoms with E-state index >= 15 is 0 Å². The number of benzene rings is 1. The van der Waals surface area contributed by atoms with Crippen LogP contribution in [0.2, 0.25) is 0 Å². The number of amides is 1. The average molecular weight is 302 g/mol. The summed E-state index contributed by atoms with van der Waals surface area (Å²) in [5.74, 6) is -0.257. The van der Waals surface area contributed by atoms with E-state index in [9.17, 15) is 14.9 Å². The monoisotopic (exact) mass is 302 g/mol. The molecule has 0 saturated heterocycles. The Hall–Kier alpha value is -2.70. The standard InChI is InChI=1S/C15H18N4O3/c1-4-18-13(7-8-16-18)10-17(3)15(20)12-6-5-11(2)14(9-12)19(21)22/h5-9H,4,10H2,1-3H3. The lowest BCUT2D eigenvalue weighted by atomic mass is 10.1. The summed E-state index contributed by atoms with van der Waals surface area (Å²) in [6.45, 7) is 4.74. The van der Waals surface area contributed by atoms with Crippen molar-refractivity contribution < 1.29 is 9.72 Å². The molecule has 0 fully saturated rings. The Bertz CT molecular complexity index is 709. The van der Waals surface area contributed by atoms with Crippen LogP contribution in [0.1, 0.15) is 28.5 Å². The number of hydrogen-bond acceptors (Lipinski definition) is 4. The Morgan fingerprint density at radius 3 is 2.77 bits per heavy atom. The van der Waals surface area contributed by atoms with Crippen molar-refractivity contribution in [1.29, 1.82) is 0 Å². The normalized spacial score (nSPS) is 10.5. The van der Waals surface area contributed by atoms with Crippen LogP contribution in [0, 0.1) is 17.0 Å². The van der Waals surface area contributed by atoms with Crippen LogP contribution in [0.25, 0.3) is 0 Å². The largest absolute Gasteiger partial charge is 0.336 e. The van der Waals surface area contributed by atoms with E-state index in [0.29, 0.717) is 17.7 Å². The molecule has 7 nitrogen and oxygen atoms in total. The number of hydrogen-bond donors (Lipinski definition) is 0. The number of aromatic nitrogens is 2. The van der Waals surface area contributed by atoms with Gasteiger partial charge in [0.05, 0.1) is 17.2 Å². The van der Waals surface area contributed by atoms with Crippen LogP contribution in [-0.4, -0.2) is 32.6 Å². The lowest BCUT2D eigenvalue weighted by Crippen LogP contribution is -2.27. The number of nitro groups is 1. The lowest BCUT2D eigenvalue weighted by Gasteiger charge is -2.18. The third kappa shape index (κ3) is 3.13. The summed E-state index contributed by atoms with van der Waals surface area (Å²) in [6, 6.07) is 6.38. The maximum atomic E-state index is 12.4. The topological polar surface area (TPSA) is 81.3 Å². The van der Waals surface area contributed by atoms with Crippen molar-refractivity contribution in [3.05, 3.63) is 57.4 Å². The molecule has 1 aromatic carbocycles. The van der Waals surface area contributed by atoms with Gasteiger partial charge in [-0.15, -0.1) is 0 Å². The number of aryl methyl sites for hydroxylation is 2. The van der Waals surface area contributed by atoms with Crippen molar-refractivity contribution >= 4 is 11.6 Å². The summed E-state index contributed by atoms with van der Waals surface area (Å²) in [5, 5.41) is 15.1. The second-order valence-electron chi connectivity index (χ2n) is 5.06. The summed E-state index contributed by atoms with van der Waals surface area (Å²) in [6.07, 6.45) is 1.69. The number of nitrogens with zero attached hydrogens (tertiary/aromatic N) is 4. The molecule has 116 valence electrons. The Morgan fingerprint density at radius 1 is 1.41 bits per heavy atom. The highest BCUT2D eigenvalue weighted by Crippen LogP contribution is 2.20.